The van der Waals surface area contributed by atoms with Gasteiger partial charge in [0.15, 0.2) is 18.0 Å². The van der Waals surface area contributed by atoms with E-state index in [0.717, 1.165) is 24.8 Å². The minimum absolute atomic E-state index is 0.0272. The van der Waals surface area contributed by atoms with Gasteiger partial charge in [0.2, 0.25) is 5.89 Å². The van der Waals surface area contributed by atoms with Crippen LogP contribution in [0.5, 0.6) is 0 Å². The Morgan fingerprint density at radius 3 is 2.77 bits per heavy atom. The first-order valence-electron chi connectivity index (χ1n) is 8.84. The minimum Gasteiger partial charge on any atom is -0.456 e. The lowest BCUT2D eigenvalue weighted by Gasteiger charge is -2.05. The molecule has 1 aliphatic rings. The number of para-hydroxylation sites is 2. The van der Waals surface area contributed by atoms with Crippen LogP contribution in [-0.4, -0.2) is 16.7 Å². The molecule has 132 valence electrons. The second-order valence-electron chi connectivity index (χ2n) is 6.50. The van der Waals surface area contributed by atoms with Gasteiger partial charge in [-0.15, -0.1) is 0 Å². The third-order valence-electron chi connectivity index (χ3n) is 4.67. The van der Waals surface area contributed by atoms with Gasteiger partial charge in [-0.05, 0) is 48.6 Å². The van der Waals surface area contributed by atoms with Gasteiger partial charge in [0.05, 0.1) is 6.42 Å². The van der Waals surface area contributed by atoms with Crippen LogP contribution in [0.2, 0.25) is 0 Å². The van der Waals surface area contributed by atoms with Crippen molar-refractivity contribution in [3.63, 3.8) is 0 Å². The number of nitrogens with zero attached hydrogens (tertiary/aromatic N) is 1. The van der Waals surface area contributed by atoms with E-state index in [1.165, 1.54) is 11.1 Å². The highest BCUT2D eigenvalue weighted by atomic mass is 16.5. The molecule has 0 saturated heterocycles. The third kappa shape index (κ3) is 3.52. The van der Waals surface area contributed by atoms with Crippen LogP contribution in [0.1, 0.15) is 46.6 Å². The van der Waals surface area contributed by atoms with E-state index in [9.17, 15) is 9.59 Å². The van der Waals surface area contributed by atoms with E-state index in [-0.39, 0.29) is 25.2 Å². The van der Waals surface area contributed by atoms with Crippen LogP contribution in [-0.2, 0) is 29.0 Å². The normalized spacial score (nSPS) is 12.9. The molecule has 1 aromatic heterocycles. The van der Waals surface area contributed by atoms with Gasteiger partial charge in [0.25, 0.3) is 0 Å². The summed E-state index contributed by atoms with van der Waals surface area (Å²) < 4.78 is 10.7. The van der Waals surface area contributed by atoms with E-state index in [0.29, 0.717) is 17.0 Å². The summed E-state index contributed by atoms with van der Waals surface area (Å²) in [7, 11) is 0. The Morgan fingerprint density at radius 1 is 1.04 bits per heavy atom. The van der Waals surface area contributed by atoms with E-state index in [4.69, 9.17) is 9.15 Å². The highest BCUT2D eigenvalue weighted by molar-refractivity contribution is 5.97. The Bertz CT molecular complexity index is 940. The number of aromatic nitrogens is 1. The second-order valence-corrected chi connectivity index (χ2v) is 6.50. The van der Waals surface area contributed by atoms with Crippen molar-refractivity contribution in [2.75, 3.05) is 0 Å². The third-order valence-corrected chi connectivity index (χ3v) is 4.67. The molecule has 5 heteroatoms. The van der Waals surface area contributed by atoms with Crippen molar-refractivity contribution in [2.45, 2.75) is 38.7 Å². The molecular formula is C21H19NO4. The van der Waals surface area contributed by atoms with Crippen molar-refractivity contribution in [2.24, 2.45) is 0 Å². The van der Waals surface area contributed by atoms with Crippen molar-refractivity contribution in [3.8, 4) is 0 Å². The van der Waals surface area contributed by atoms with Gasteiger partial charge >= 0.3 is 5.97 Å². The molecule has 0 saturated carbocycles. The number of aryl methyl sites for hydroxylation is 2. The molecule has 0 unspecified atom stereocenters. The van der Waals surface area contributed by atoms with Crippen LogP contribution in [0.4, 0.5) is 0 Å². The molecule has 1 heterocycles. The van der Waals surface area contributed by atoms with Gasteiger partial charge in [0.1, 0.15) is 5.52 Å². The maximum absolute atomic E-state index is 12.3. The number of fused-ring (bicyclic) bond motifs is 2. The number of hydrogen-bond donors (Lipinski definition) is 0. The predicted octanol–water partition coefficient (Wildman–Crippen LogP) is 4.02. The van der Waals surface area contributed by atoms with Crippen molar-refractivity contribution >= 4 is 22.9 Å². The fourth-order valence-corrected chi connectivity index (χ4v) is 3.30. The van der Waals surface area contributed by atoms with E-state index < -0.39 is 5.97 Å². The predicted molar refractivity (Wildman–Crippen MR) is 95.8 cm³/mol. The number of benzene rings is 2. The lowest BCUT2D eigenvalue weighted by Crippen LogP contribution is -2.08. The van der Waals surface area contributed by atoms with Crippen LogP contribution in [0.15, 0.2) is 46.9 Å². The summed E-state index contributed by atoms with van der Waals surface area (Å²) >= 11 is 0. The number of esters is 1. The molecule has 0 spiro atoms. The smallest absolute Gasteiger partial charge is 0.306 e. The van der Waals surface area contributed by atoms with Gasteiger partial charge in [0, 0.05) is 12.0 Å². The Morgan fingerprint density at radius 2 is 1.88 bits per heavy atom. The monoisotopic (exact) mass is 349 g/mol. The Hall–Kier alpha value is -2.95. The largest absolute Gasteiger partial charge is 0.456 e. The first-order valence-corrected chi connectivity index (χ1v) is 8.84. The summed E-state index contributed by atoms with van der Waals surface area (Å²) in [6, 6.07) is 13.2. The van der Waals surface area contributed by atoms with Gasteiger partial charge < -0.3 is 9.15 Å². The van der Waals surface area contributed by atoms with Gasteiger partial charge in [-0.2, -0.15) is 0 Å². The molecule has 26 heavy (non-hydrogen) atoms. The molecular weight excluding hydrogens is 330 g/mol. The maximum atomic E-state index is 12.3. The summed E-state index contributed by atoms with van der Waals surface area (Å²) in [6.07, 6.45) is 3.46. The first kappa shape index (κ1) is 16.5. The quantitative estimate of drug-likeness (QED) is 0.496. The Kier molecular flexibility index (Phi) is 4.52. The van der Waals surface area contributed by atoms with E-state index in [1.807, 2.05) is 42.5 Å². The number of ketones is 1. The summed E-state index contributed by atoms with van der Waals surface area (Å²) in [4.78, 5) is 28.5. The van der Waals surface area contributed by atoms with Gasteiger partial charge in [-0.3, -0.25) is 9.59 Å². The van der Waals surface area contributed by atoms with Crippen LogP contribution in [0.25, 0.3) is 11.1 Å². The molecule has 5 nitrogen and oxygen atoms in total. The zero-order chi connectivity index (χ0) is 17.9. The van der Waals surface area contributed by atoms with E-state index in [2.05, 4.69) is 4.98 Å². The first-order chi connectivity index (χ1) is 12.7. The average Bonchev–Trinajstić information content (AvgIpc) is 3.29. The zero-order valence-electron chi connectivity index (χ0n) is 14.4. The molecule has 0 radical (unpaired) electrons. The highest BCUT2D eigenvalue weighted by Crippen LogP contribution is 2.23. The zero-order valence-corrected chi connectivity index (χ0v) is 14.4. The molecule has 4 rings (SSSR count). The highest BCUT2D eigenvalue weighted by Gasteiger charge is 2.16. The number of rotatable bonds is 6. The number of hydrogen-bond acceptors (Lipinski definition) is 5. The SMILES string of the molecule is O=C(CCC(=O)c1ccc2c(c1)CCC2)OCc1nc2ccccc2o1. The topological polar surface area (TPSA) is 69.4 Å². The number of ether oxygens (including phenoxy) is 1. The molecule has 0 amide bonds. The number of carbonyl (C=O) groups is 2. The van der Waals surface area contributed by atoms with Gasteiger partial charge in [-0.1, -0.05) is 24.3 Å². The molecule has 1 aliphatic carbocycles. The minimum atomic E-state index is -0.429. The summed E-state index contributed by atoms with van der Waals surface area (Å²) in [5.41, 5.74) is 4.65. The molecule has 2 aromatic carbocycles. The Balaban J connectivity index is 1.29. The Labute approximate surface area is 151 Å². The number of oxazole rings is 1. The lowest BCUT2D eigenvalue weighted by atomic mass is 10.0. The number of Topliss-reactive ketones (excluding diaryl/α,β-unsaturated/α-hetero) is 1. The average molecular weight is 349 g/mol. The molecule has 0 atom stereocenters. The summed E-state index contributed by atoms with van der Waals surface area (Å²) in [5.74, 6) is -0.107. The fourth-order valence-electron chi connectivity index (χ4n) is 3.30. The van der Waals surface area contributed by atoms with Crippen LogP contribution in [0, 0.1) is 0 Å². The maximum Gasteiger partial charge on any atom is 0.306 e. The molecule has 0 N–H and O–H groups in total. The number of carbonyl (C=O) groups excluding carboxylic acids is 2. The summed E-state index contributed by atoms with van der Waals surface area (Å²) in [5, 5.41) is 0. The van der Waals surface area contributed by atoms with Crippen LogP contribution < -0.4 is 0 Å². The molecule has 0 bridgehead atoms. The van der Waals surface area contributed by atoms with Gasteiger partial charge in [-0.25, -0.2) is 4.98 Å². The fraction of sp³-hybridized carbons (Fsp3) is 0.286. The molecule has 0 aliphatic heterocycles. The van der Waals surface area contributed by atoms with Crippen molar-refractivity contribution < 1.29 is 18.7 Å². The van der Waals surface area contributed by atoms with Crippen LogP contribution in [0.3, 0.4) is 0 Å². The van der Waals surface area contributed by atoms with Crippen molar-refractivity contribution in [1.82, 2.24) is 4.98 Å². The standard InChI is InChI=1S/C21H19NO4/c23-18(16-9-8-14-4-3-5-15(14)12-16)10-11-21(24)25-13-20-22-17-6-1-2-7-19(17)26-20/h1-2,6-9,12H,3-5,10-11,13H2. The van der Waals surface area contributed by atoms with Crippen LogP contribution >= 0.6 is 0 Å². The van der Waals surface area contributed by atoms with Crippen molar-refractivity contribution in [1.29, 1.82) is 0 Å². The molecule has 0 fully saturated rings. The lowest BCUT2D eigenvalue weighted by molar-refractivity contribution is -0.145. The molecule has 3 aromatic rings. The second kappa shape index (κ2) is 7.12. The van der Waals surface area contributed by atoms with E-state index >= 15 is 0 Å². The summed E-state index contributed by atoms with van der Waals surface area (Å²) in [6.45, 7) is -0.0272. The van der Waals surface area contributed by atoms with E-state index in [1.54, 1.807) is 0 Å². The van der Waals surface area contributed by atoms with Crippen molar-refractivity contribution in [3.05, 3.63) is 65.0 Å².